The summed E-state index contributed by atoms with van der Waals surface area (Å²) < 4.78 is 1.02. The molecular formula is C14H13BrN4O. The molecule has 1 amide bonds. The normalized spacial score (nSPS) is 13.8. The summed E-state index contributed by atoms with van der Waals surface area (Å²) in [5.41, 5.74) is 1.26. The number of hydrogen-bond acceptors (Lipinski definition) is 4. The monoisotopic (exact) mass is 332 g/mol. The fourth-order valence-corrected chi connectivity index (χ4v) is 1.94. The number of rotatable bonds is 4. The molecule has 20 heavy (non-hydrogen) atoms. The molecule has 0 bridgehead atoms. The number of aromatic nitrogens is 2. The second kappa shape index (κ2) is 5.58. The number of nitrogens with zero attached hydrogens (tertiary/aromatic N) is 2. The van der Waals surface area contributed by atoms with Crippen LogP contribution in [0.4, 0.5) is 11.5 Å². The lowest BCUT2D eigenvalue weighted by molar-refractivity contribution is 0.0945. The Hall–Kier alpha value is -1.95. The number of benzene rings is 1. The first kappa shape index (κ1) is 13.1. The molecule has 0 radical (unpaired) electrons. The molecule has 6 heteroatoms. The first-order valence-corrected chi connectivity index (χ1v) is 7.15. The van der Waals surface area contributed by atoms with E-state index in [9.17, 15) is 4.79 Å². The Morgan fingerprint density at radius 1 is 1.15 bits per heavy atom. The maximum atomic E-state index is 11.8. The lowest BCUT2D eigenvalue weighted by Gasteiger charge is -2.06. The molecule has 2 aromatic rings. The highest BCUT2D eigenvalue weighted by atomic mass is 79.9. The van der Waals surface area contributed by atoms with E-state index in [4.69, 9.17) is 0 Å². The van der Waals surface area contributed by atoms with Crippen molar-refractivity contribution in [1.29, 1.82) is 0 Å². The molecule has 0 spiro atoms. The van der Waals surface area contributed by atoms with Gasteiger partial charge in [0.25, 0.3) is 5.91 Å². The summed E-state index contributed by atoms with van der Waals surface area (Å²) in [5.74, 6) is 0.450. The second-order valence-electron chi connectivity index (χ2n) is 4.67. The predicted octanol–water partition coefficient (Wildman–Crippen LogP) is 2.87. The SMILES string of the molecule is O=C(NC1CC1)c1cnc(Nc2ccc(Br)cc2)cn1. The summed E-state index contributed by atoms with van der Waals surface area (Å²) in [6.07, 6.45) is 5.16. The zero-order valence-corrected chi connectivity index (χ0v) is 12.2. The van der Waals surface area contributed by atoms with Gasteiger partial charge in [-0.25, -0.2) is 9.97 Å². The molecule has 1 heterocycles. The van der Waals surface area contributed by atoms with Crippen molar-refractivity contribution in [2.45, 2.75) is 18.9 Å². The Morgan fingerprint density at radius 2 is 1.90 bits per heavy atom. The van der Waals surface area contributed by atoms with Gasteiger partial charge in [0.15, 0.2) is 0 Å². The second-order valence-corrected chi connectivity index (χ2v) is 5.58. The summed E-state index contributed by atoms with van der Waals surface area (Å²) >= 11 is 3.38. The zero-order valence-electron chi connectivity index (χ0n) is 10.6. The molecule has 0 unspecified atom stereocenters. The lowest BCUT2D eigenvalue weighted by Crippen LogP contribution is -2.26. The van der Waals surface area contributed by atoms with Crippen molar-refractivity contribution in [3.63, 3.8) is 0 Å². The van der Waals surface area contributed by atoms with E-state index in [0.29, 0.717) is 17.6 Å². The third kappa shape index (κ3) is 3.33. The van der Waals surface area contributed by atoms with Crippen LogP contribution in [0, 0.1) is 0 Å². The van der Waals surface area contributed by atoms with Gasteiger partial charge in [0.2, 0.25) is 0 Å². The maximum Gasteiger partial charge on any atom is 0.271 e. The summed E-state index contributed by atoms with van der Waals surface area (Å²) in [4.78, 5) is 20.1. The van der Waals surface area contributed by atoms with Gasteiger partial charge in [-0.05, 0) is 37.1 Å². The molecule has 1 aromatic carbocycles. The Kier molecular flexibility index (Phi) is 3.64. The highest BCUT2D eigenvalue weighted by molar-refractivity contribution is 9.10. The zero-order chi connectivity index (χ0) is 13.9. The molecule has 5 nitrogen and oxygen atoms in total. The van der Waals surface area contributed by atoms with E-state index >= 15 is 0 Å². The van der Waals surface area contributed by atoms with Crippen LogP contribution >= 0.6 is 15.9 Å². The van der Waals surface area contributed by atoms with Crippen LogP contribution in [-0.4, -0.2) is 21.9 Å². The Balaban J connectivity index is 1.66. The van der Waals surface area contributed by atoms with E-state index in [-0.39, 0.29) is 5.91 Å². The molecule has 1 aliphatic rings. The molecule has 102 valence electrons. The molecule has 0 saturated heterocycles. The fraction of sp³-hybridized carbons (Fsp3) is 0.214. The van der Waals surface area contributed by atoms with E-state index in [0.717, 1.165) is 23.0 Å². The van der Waals surface area contributed by atoms with Gasteiger partial charge in [0, 0.05) is 16.2 Å². The number of hydrogen-bond donors (Lipinski definition) is 2. The number of carbonyl (C=O) groups is 1. The van der Waals surface area contributed by atoms with Crippen molar-refractivity contribution in [3.05, 3.63) is 46.8 Å². The number of nitrogens with one attached hydrogen (secondary N) is 2. The first-order valence-electron chi connectivity index (χ1n) is 6.36. The van der Waals surface area contributed by atoms with Crippen molar-refractivity contribution in [1.82, 2.24) is 15.3 Å². The Morgan fingerprint density at radius 3 is 2.50 bits per heavy atom. The van der Waals surface area contributed by atoms with Crippen LogP contribution in [0.1, 0.15) is 23.3 Å². The van der Waals surface area contributed by atoms with Crippen molar-refractivity contribution in [3.8, 4) is 0 Å². The highest BCUT2D eigenvalue weighted by Crippen LogP contribution is 2.19. The Labute approximate surface area is 125 Å². The summed E-state index contributed by atoms with van der Waals surface area (Å²) in [7, 11) is 0. The van der Waals surface area contributed by atoms with Gasteiger partial charge in [-0.3, -0.25) is 4.79 Å². The standard InChI is InChI=1S/C14H13BrN4O/c15-9-1-3-10(4-2-9)18-13-8-16-12(7-17-13)14(20)19-11-5-6-11/h1-4,7-8,11H,5-6H2,(H,17,18)(H,19,20). The van der Waals surface area contributed by atoms with E-state index in [1.807, 2.05) is 24.3 Å². The van der Waals surface area contributed by atoms with Gasteiger partial charge in [-0.2, -0.15) is 0 Å². The van der Waals surface area contributed by atoms with Crippen LogP contribution in [0.3, 0.4) is 0 Å². The van der Waals surface area contributed by atoms with Gasteiger partial charge < -0.3 is 10.6 Å². The van der Waals surface area contributed by atoms with E-state index in [2.05, 4.69) is 36.5 Å². The van der Waals surface area contributed by atoms with Crippen molar-refractivity contribution in [2.75, 3.05) is 5.32 Å². The molecule has 0 aliphatic heterocycles. The van der Waals surface area contributed by atoms with Crippen LogP contribution in [-0.2, 0) is 0 Å². The van der Waals surface area contributed by atoms with E-state index in [1.165, 1.54) is 6.20 Å². The molecule has 1 aromatic heterocycles. The Bertz CT molecular complexity index is 608. The number of anilines is 2. The van der Waals surface area contributed by atoms with Crippen molar-refractivity contribution in [2.24, 2.45) is 0 Å². The fourth-order valence-electron chi connectivity index (χ4n) is 1.68. The predicted molar refractivity (Wildman–Crippen MR) is 79.9 cm³/mol. The minimum atomic E-state index is -0.157. The van der Waals surface area contributed by atoms with Gasteiger partial charge in [-0.1, -0.05) is 15.9 Å². The van der Waals surface area contributed by atoms with E-state index in [1.54, 1.807) is 6.20 Å². The molecule has 3 rings (SSSR count). The molecule has 1 fully saturated rings. The van der Waals surface area contributed by atoms with E-state index < -0.39 is 0 Å². The average Bonchev–Trinajstić information content (AvgIpc) is 3.26. The minimum Gasteiger partial charge on any atom is -0.348 e. The molecule has 2 N–H and O–H groups in total. The highest BCUT2D eigenvalue weighted by Gasteiger charge is 2.24. The lowest BCUT2D eigenvalue weighted by atomic mass is 10.3. The van der Waals surface area contributed by atoms with Crippen LogP contribution in [0.5, 0.6) is 0 Å². The third-order valence-corrected chi connectivity index (χ3v) is 3.44. The maximum absolute atomic E-state index is 11.8. The molecule has 1 saturated carbocycles. The van der Waals surface area contributed by atoms with Crippen molar-refractivity contribution < 1.29 is 4.79 Å². The summed E-state index contributed by atoms with van der Waals surface area (Å²) in [5, 5.41) is 6.00. The quantitative estimate of drug-likeness (QED) is 0.903. The van der Waals surface area contributed by atoms with Gasteiger partial charge in [0.1, 0.15) is 11.5 Å². The van der Waals surface area contributed by atoms with Gasteiger partial charge in [0.05, 0.1) is 12.4 Å². The van der Waals surface area contributed by atoms with Crippen LogP contribution in [0.15, 0.2) is 41.1 Å². The van der Waals surface area contributed by atoms with Crippen LogP contribution in [0.2, 0.25) is 0 Å². The largest absolute Gasteiger partial charge is 0.348 e. The minimum absolute atomic E-state index is 0.157. The number of halogens is 1. The average molecular weight is 333 g/mol. The van der Waals surface area contributed by atoms with Gasteiger partial charge >= 0.3 is 0 Å². The van der Waals surface area contributed by atoms with Crippen LogP contribution in [0.25, 0.3) is 0 Å². The number of carbonyl (C=O) groups excluding carboxylic acids is 1. The number of amides is 1. The summed E-state index contributed by atoms with van der Waals surface area (Å²) in [6.45, 7) is 0. The first-order chi connectivity index (χ1) is 9.70. The van der Waals surface area contributed by atoms with Crippen molar-refractivity contribution >= 4 is 33.3 Å². The van der Waals surface area contributed by atoms with Gasteiger partial charge in [-0.15, -0.1) is 0 Å². The topological polar surface area (TPSA) is 66.9 Å². The third-order valence-electron chi connectivity index (χ3n) is 2.91. The smallest absolute Gasteiger partial charge is 0.271 e. The molecule has 1 aliphatic carbocycles. The molecule has 0 atom stereocenters. The van der Waals surface area contributed by atoms with Crippen LogP contribution < -0.4 is 10.6 Å². The summed E-state index contributed by atoms with van der Waals surface area (Å²) in [6, 6.07) is 8.06. The molecular weight excluding hydrogens is 320 g/mol.